The lowest BCUT2D eigenvalue weighted by Gasteiger charge is -2.19. The van der Waals surface area contributed by atoms with Gasteiger partial charge in [0.05, 0.1) is 0 Å². The molecule has 26 heavy (non-hydrogen) atoms. The van der Waals surface area contributed by atoms with Crippen LogP contribution in [0.2, 0.25) is 0 Å². The van der Waals surface area contributed by atoms with E-state index in [0.29, 0.717) is 24.0 Å². The Morgan fingerprint density at radius 3 is 2.65 bits per heavy atom. The topological polar surface area (TPSA) is 47.6 Å². The number of carbonyl (C=O) groups is 1. The molecule has 2 aromatic rings. The molecule has 0 unspecified atom stereocenters. The molecule has 0 aliphatic rings. The summed E-state index contributed by atoms with van der Waals surface area (Å²) >= 11 is 0. The fraction of sp³-hybridized carbons (Fsp3) is 0.318. The standard InChI is InChI=1S/C22H27NO3/c1-6-12-25-19-9-7-8-18(14-19)23-22(24)17(5)26-21-13-16(4)10-11-20(21)15(2)3/h6-11,13-15,17H,1,12H2,2-5H3,(H,23,24)/t17-/m0/s1. The third-order valence-corrected chi connectivity index (χ3v) is 3.93. The van der Waals surface area contributed by atoms with E-state index in [-0.39, 0.29) is 5.91 Å². The van der Waals surface area contributed by atoms with Crippen molar-refractivity contribution in [1.29, 1.82) is 0 Å². The van der Waals surface area contributed by atoms with Crippen LogP contribution in [0.1, 0.15) is 37.8 Å². The molecule has 0 radical (unpaired) electrons. The van der Waals surface area contributed by atoms with Crippen LogP contribution in [-0.4, -0.2) is 18.6 Å². The number of rotatable bonds is 8. The summed E-state index contributed by atoms with van der Waals surface area (Å²) in [6, 6.07) is 13.3. The van der Waals surface area contributed by atoms with Gasteiger partial charge in [-0.2, -0.15) is 0 Å². The molecule has 0 fully saturated rings. The highest BCUT2D eigenvalue weighted by atomic mass is 16.5. The maximum Gasteiger partial charge on any atom is 0.265 e. The quantitative estimate of drug-likeness (QED) is 0.673. The van der Waals surface area contributed by atoms with Gasteiger partial charge in [-0.25, -0.2) is 0 Å². The van der Waals surface area contributed by atoms with Crippen LogP contribution in [-0.2, 0) is 4.79 Å². The van der Waals surface area contributed by atoms with Crippen LogP contribution in [0.25, 0.3) is 0 Å². The van der Waals surface area contributed by atoms with Crippen LogP contribution in [0.15, 0.2) is 55.1 Å². The Bertz CT molecular complexity index is 768. The minimum Gasteiger partial charge on any atom is -0.489 e. The van der Waals surface area contributed by atoms with Crippen LogP contribution < -0.4 is 14.8 Å². The van der Waals surface area contributed by atoms with Gasteiger partial charge in [-0.15, -0.1) is 0 Å². The van der Waals surface area contributed by atoms with Crippen molar-refractivity contribution in [3.8, 4) is 11.5 Å². The molecule has 4 nitrogen and oxygen atoms in total. The predicted octanol–water partition coefficient (Wildman–Crippen LogP) is 5.09. The summed E-state index contributed by atoms with van der Waals surface area (Å²) in [5, 5.41) is 2.87. The van der Waals surface area contributed by atoms with E-state index >= 15 is 0 Å². The lowest BCUT2D eigenvalue weighted by atomic mass is 10.0. The van der Waals surface area contributed by atoms with Gasteiger partial charge in [0.2, 0.25) is 0 Å². The second-order valence-electron chi connectivity index (χ2n) is 6.57. The zero-order valence-corrected chi connectivity index (χ0v) is 15.9. The Balaban J connectivity index is 2.06. The normalized spacial score (nSPS) is 11.7. The van der Waals surface area contributed by atoms with Gasteiger partial charge in [0, 0.05) is 11.8 Å². The molecule has 1 atom stereocenters. The van der Waals surface area contributed by atoms with E-state index in [0.717, 1.165) is 16.9 Å². The van der Waals surface area contributed by atoms with Gasteiger partial charge in [0.1, 0.15) is 18.1 Å². The van der Waals surface area contributed by atoms with Crippen LogP contribution in [0.5, 0.6) is 11.5 Å². The molecule has 0 aromatic heterocycles. The zero-order valence-electron chi connectivity index (χ0n) is 15.9. The average Bonchev–Trinajstić information content (AvgIpc) is 2.60. The molecule has 2 rings (SSSR count). The minimum absolute atomic E-state index is 0.206. The third-order valence-electron chi connectivity index (χ3n) is 3.93. The van der Waals surface area contributed by atoms with Gasteiger partial charge in [0.25, 0.3) is 5.91 Å². The van der Waals surface area contributed by atoms with Crippen molar-refractivity contribution in [2.45, 2.75) is 39.7 Å². The van der Waals surface area contributed by atoms with Gasteiger partial charge < -0.3 is 14.8 Å². The maximum atomic E-state index is 12.5. The Morgan fingerprint density at radius 1 is 1.19 bits per heavy atom. The monoisotopic (exact) mass is 353 g/mol. The lowest BCUT2D eigenvalue weighted by Crippen LogP contribution is -2.30. The summed E-state index contributed by atoms with van der Waals surface area (Å²) in [5.41, 5.74) is 2.86. The molecule has 0 heterocycles. The number of amides is 1. The van der Waals surface area contributed by atoms with E-state index in [9.17, 15) is 4.79 Å². The smallest absolute Gasteiger partial charge is 0.265 e. The number of aryl methyl sites for hydroxylation is 1. The second kappa shape index (κ2) is 9.09. The zero-order chi connectivity index (χ0) is 19.1. The molecule has 4 heteroatoms. The molecule has 1 amide bonds. The Hall–Kier alpha value is -2.75. The first-order valence-corrected chi connectivity index (χ1v) is 8.82. The van der Waals surface area contributed by atoms with Crippen LogP contribution in [0.4, 0.5) is 5.69 Å². The highest BCUT2D eigenvalue weighted by molar-refractivity contribution is 5.94. The van der Waals surface area contributed by atoms with Crippen LogP contribution in [0, 0.1) is 6.92 Å². The van der Waals surface area contributed by atoms with Crippen molar-refractivity contribution in [2.24, 2.45) is 0 Å². The van der Waals surface area contributed by atoms with Crippen LogP contribution in [0.3, 0.4) is 0 Å². The van der Waals surface area contributed by atoms with Gasteiger partial charge in [-0.3, -0.25) is 4.79 Å². The van der Waals surface area contributed by atoms with E-state index in [1.807, 2.05) is 31.2 Å². The molecule has 0 saturated carbocycles. The largest absolute Gasteiger partial charge is 0.489 e. The van der Waals surface area contributed by atoms with Crippen LogP contribution >= 0.6 is 0 Å². The Labute approximate surface area is 155 Å². The fourth-order valence-corrected chi connectivity index (χ4v) is 2.53. The molecule has 1 N–H and O–H groups in total. The van der Waals surface area contributed by atoms with Crippen molar-refractivity contribution >= 4 is 11.6 Å². The van der Waals surface area contributed by atoms with Crippen molar-refractivity contribution < 1.29 is 14.3 Å². The number of hydrogen-bond acceptors (Lipinski definition) is 3. The van der Waals surface area contributed by atoms with E-state index in [1.54, 1.807) is 19.1 Å². The SMILES string of the molecule is C=CCOc1cccc(NC(=O)[C@H](C)Oc2cc(C)ccc2C(C)C)c1. The molecule has 138 valence electrons. The van der Waals surface area contributed by atoms with Gasteiger partial charge in [0.15, 0.2) is 6.10 Å². The summed E-state index contributed by atoms with van der Waals surface area (Å²) < 4.78 is 11.4. The predicted molar refractivity (Wildman–Crippen MR) is 106 cm³/mol. The molecule has 2 aromatic carbocycles. The first-order valence-electron chi connectivity index (χ1n) is 8.82. The number of ether oxygens (including phenoxy) is 2. The highest BCUT2D eigenvalue weighted by Crippen LogP contribution is 2.28. The highest BCUT2D eigenvalue weighted by Gasteiger charge is 2.18. The van der Waals surface area contributed by atoms with Crippen molar-refractivity contribution in [1.82, 2.24) is 0 Å². The Kier molecular flexibility index (Phi) is 6.84. The molecule has 0 aliphatic carbocycles. The van der Waals surface area contributed by atoms with Crippen molar-refractivity contribution in [3.63, 3.8) is 0 Å². The summed E-state index contributed by atoms with van der Waals surface area (Å²) in [4.78, 5) is 12.5. The summed E-state index contributed by atoms with van der Waals surface area (Å²) in [7, 11) is 0. The Morgan fingerprint density at radius 2 is 1.96 bits per heavy atom. The third kappa shape index (κ3) is 5.38. The summed E-state index contributed by atoms with van der Waals surface area (Å²) in [6.45, 7) is 12.0. The average molecular weight is 353 g/mol. The molecule has 0 aliphatic heterocycles. The molecule has 0 spiro atoms. The lowest BCUT2D eigenvalue weighted by molar-refractivity contribution is -0.122. The van der Waals surface area contributed by atoms with Crippen molar-refractivity contribution in [3.05, 3.63) is 66.2 Å². The van der Waals surface area contributed by atoms with Gasteiger partial charge >= 0.3 is 0 Å². The van der Waals surface area contributed by atoms with E-state index in [1.165, 1.54) is 0 Å². The molecular formula is C22H27NO3. The minimum atomic E-state index is -0.618. The van der Waals surface area contributed by atoms with Gasteiger partial charge in [-0.05, 0) is 49.1 Å². The molecular weight excluding hydrogens is 326 g/mol. The number of anilines is 1. The fourth-order valence-electron chi connectivity index (χ4n) is 2.53. The number of hydrogen-bond donors (Lipinski definition) is 1. The van der Waals surface area contributed by atoms with Crippen molar-refractivity contribution in [2.75, 3.05) is 11.9 Å². The first-order chi connectivity index (χ1) is 12.4. The number of carbonyl (C=O) groups excluding carboxylic acids is 1. The summed E-state index contributed by atoms with van der Waals surface area (Å²) in [6.07, 6.45) is 1.06. The second-order valence-corrected chi connectivity index (χ2v) is 6.57. The first kappa shape index (κ1) is 19.6. The van der Waals surface area contributed by atoms with E-state index < -0.39 is 6.10 Å². The maximum absolute atomic E-state index is 12.5. The van der Waals surface area contributed by atoms with Gasteiger partial charge in [-0.1, -0.05) is 44.7 Å². The number of nitrogens with one attached hydrogen (secondary N) is 1. The molecule has 0 bridgehead atoms. The van der Waals surface area contributed by atoms with E-state index in [4.69, 9.17) is 9.47 Å². The van der Waals surface area contributed by atoms with E-state index in [2.05, 4.69) is 37.9 Å². The molecule has 0 saturated heterocycles. The summed E-state index contributed by atoms with van der Waals surface area (Å²) in [5.74, 6) is 1.55. The number of benzene rings is 2.